The Bertz CT molecular complexity index is 754. The van der Waals surface area contributed by atoms with Crippen LogP contribution in [0.2, 0.25) is 0 Å². The molecule has 0 saturated heterocycles. The summed E-state index contributed by atoms with van der Waals surface area (Å²) >= 11 is 0. The highest BCUT2D eigenvalue weighted by atomic mass is 16.5. The van der Waals surface area contributed by atoms with Gasteiger partial charge >= 0.3 is 0 Å². The second-order valence-corrected chi connectivity index (χ2v) is 6.51. The fourth-order valence-electron chi connectivity index (χ4n) is 2.57. The van der Waals surface area contributed by atoms with Crippen LogP contribution in [0.25, 0.3) is 0 Å². The minimum Gasteiger partial charge on any atom is -0.494 e. The highest BCUT2D eigenvalue weighted by molar-refractivity contribution is 6.01. The molecule has 0 unspecified atom stereocenters. The number of carbonyl (C=O) groups is 2. The zero-order valence-electron chi connectivity index (χ0n) is 15.7. The minimum atomic E-state index is -0.630. The Morgan fingerprint density at radius 1 is 1.08 bits per heavy atom. The van der Waals surface area contributed by atoms with Crippen molar-refractivity contribution in [2.45, 2.75) is 33.7 Å². The molecule has 0 saturated carbocycles. The van der Waals surface area contributed by atoms with Gasteiger partial charge in [-0.3, -0.25) is 9.59 Å². The van der Waals surface area contributed by atoms with E-state index in [2.05, 4.69) is 10.6 Å². The molecule has 5 nitrogen and oxygen atoms in total. The number of carbonyl (C=O) groups excluding carboxylic acids is 2. The van der Waals surface area contributed by atoms with Gasteiger partial charge < -0.3 is 15.4 Å². The summed E-state index contributed by atoms with van der Waals surface area (Å²) in [6.07, 6.45) is 0. The van der Waals surface area contributed by atoms with E-state index in [0.717, 1.165) is 11.3 Å². The van der Waals surface area contributed by atoms with Crippen molar-refractivity contribution in [2.24, 2.45) is 5.92 Å². The molecule has 0 aliphatic heterocycles. The molecule has 0 bridgehead atoms. The van der Waals surface area contributed by atoms with Crippen LogP contribution in [0.3, 0.4) is 0 Å². The third-order valence-electron chi connectivity index (χ3n) is 3.95. The van der Waals surface area contributed by atoms with Crippen LogP contribution in [0, 0.1) is 12.8 Å². The van der Waals surface area contributed by atoms with Crippen molar-refractivity contribution in [3.05, 3.63) is 59.7 Å². The van der Waals surface area contributed by atoms with Gasteiger partial charge in [0, 0.05) is 11.3 Å². The number of rotatable bonds is 7. The lowest BCUT2D eigenvalue weighted by atomic mass is 10.0. The van der Waals surface area contributed by atoms with Crippen LogP contribution in [0.4, 0.5) is 5.69 Å². The van der Waals surface area contributed by atoms with Crippen LogP contribution in [0.15, 0.2) is 48.5 Å². The van der Waals surface area contributed by atoms with Gasteiger partial charge in [-0.25, -0.2) is 0 Å². The molecule has 2 aromatic rings. The van der Waals surface area contributed by atoms with Crippen molar-refractivity contribution in [2.75, 3.05) is 11.9 Å². The van der Waals surface area contributed by atoms with Gasteiger partial charge in [-0.05, 0) is 61.7 Å². The predicted molar refractivity (Wildman–Crippen MR) is 104 cm³/mol. The predicted octanol–water partition coefficient (Wildman–Crippen LogP) is 3.79. The van der Waals surface area contributed by atoms with E-state index < -0.39 is 6.04 Å². The molecule has 138 valence electrons. The molecule has 26 heavy (non-hydrogen) atoms. The molecule has 0 aliphatic carbocycles. The molecule has 0 aromatic heterocycles. The van der Waals surface area contributed by atoms with Crippen LogP contribution >= 0.6 is 0 Å². The van der Waals surface area contributed by atoms with E-state index >= 15 is 0 Å². The second-order valence-electron chi connectivity index (χ2n) is 6.51. The van der Waals surface area contributed by atoms with Crippen LogP contribution in [0.5, 0.6) is 5.75 Å². The Morgan fingerprint density at radius 3 is 2.35 bits per heavy atom. The van der Waals surface area contributed by atoms with Crippen molar-refractivity contribution >= 4 is 17.5 Å². The van der Waals surface area contributed by atoms with Crippen molar-refractivity contribution in [1.82, 2.24) is 5.32 Å². The maximum atomic E-state index is 12.6. The van der Waals surface area contributed by atoms with E-state index in [1.54, 1.807) is 24.3 Å². The molecule has 0 aliphatic rings. The molecule has 0 radical (unpaired) electrons. The monoisotopic (exact) mass is 354 g/mol. The lowest BCUT2D eigenvalue weighted by molar-refractivity contribution is -0.118. The van der Waals surface area contributed by atoms with Crippen molar-refractivity contribution < 1.29 is 14.3 Å². The van der Waals surface area contributed by atoms with Gasteiger partial charge in [0.1, 0.15) is 11.8 Å². The minimum absolute atomic E-state index is 0.0496. The van der Waals surface area contributed by atoms with Crippen LogP contribution in [-0.4, -0.2) is 24.5 Å². The molecule has 2 amide bonds. The summed E-state index contributed by atoms with van der Waals surface area (Å²) < 4.78 is 5.38. The van der Waals surface area contributed by atoms with E-state index in [1.165, 1.54) is 0 Å². The van der Waals surface area contributed by atoms with Gasteiger partial charge in [0.15, 0.2) is 0 Å². The van der Waals surface area contributed by atoms with Crippen molar-refractivity contribution in [1.29, 1.82) is 0 Å². The number of benzene rings is 2. The van der Waals surface area contributed by atoms with Gasteiger partial charge in [-0.2, -0.15) is 0 Å². The molecule has 5 heteroatoms. The summed E-state index contributed by atoms with van der Waals surface area (Å²) in [6, 6.07) is 13.8. The molecular formula is C21H26N2O3. The van der Waals surface area contributed by atoms with Crippen LogP contribution in [-0.2, 0) is 4.79 Å². The first-order valence-electron chi connectivity index (χ1n) is 8.82. The standard InChI is InChI=1S/C21H26N2O3/c1-5-26-18-11-9-16(10-12-18)20(24)23-19(14(2)3)21(25)22-17-8-6-7-15(4)13-17/h6-14,19H,5H2,1-4H3,(H,22,25)(H,23,24)/t19-/m0/s1. The summed E-state index contributed by atoms with van der Waals surface area (Å²) in [6.45, 7) is 8.24. The topological polar surface area (TPSA) is 67.4 Å². The zero-order chi connectivity index (χ0) is 19.1. The largest absolute Gasteiger partial charge is 0.494 e. The first kappa shape index (κ1) is 19.5. The van der Waals surface area contributed by atoms with Crippen LogP contribution in [0.1, 0.15) is 36.7 Å². The number of ether oxygens (including phenoxy) is 1. The Hall–Kier alpha value is -2.82. The third kappa shape index (κ3) is 5.34. The number of aryl methyl sites for hydroxylation is 1. The van der Waals surface area contributed by atoms with Gasteiger partial charge in [0.05, 0.1) is 6.61 Å². The van der Waals surface area contributed by atoms with Crippen molar-refractivity contribution in [3.63, 3.8) is 0 Å². The van der Waals surface area contributed by atoms with E-state index in [4.69, 9.17) is 4.74 Å². The second kappa shape index (κ2) is 9.04. The molecule has 0 spiro atoms. The number of nitrogens with one attached hydrogen (secondary N) is 2. The molecule has 0 heterocycles. The zero-order valence-corrected chi connectivity index (χ0v) is 15.7. The lowest BCUT2D eigenvalue weighted by Crippen LogP contribution is -2.47. The maximum absolute atomic E-state index is 12.6. The normalized spacial score (nSPS) is 11.7. The Morgan fingerprint density at radius 2 is 1.77 bits per heavy atom. The summed E-state index contributed by atoms with van der Waals surface area (Å²) in [5.74, 6) is 0.143. The fourth-order valence-corrected chi connectivity index (χ4v) is 2.57. The molecule has 1 atom stereocenters. The van der Waals surface area contributed by atoms with Gasteiger partial charge in [0.2, 0.25) is 5.91 Å². The SMILES string of the molecule is CCOc1ccc(C(=O)N[C@H](C(=O)Nc2cccc(C)c2)C(C)C)cc1. The molecule has 2 N–H and O–H groups in total. The smallest absolute Gasteiger partial charge is 0.251 e. The molecule has 0 fully saturated rings. The molecule has 2 rings (SSSR count). The van der Waals surface area contributed by atoms with Gasteiger partial charge in [0.25, 0.3) is 5.91 Å². The molecular weight excluding hydrogens is 328 g/mol. The van der Waals surface area contributed by atoms with E-state index in [1.807, 2.05) is 52.0 Å². The maximum Gasteiger partial charge on any atom is 0.251 e. The van der Waals surface area contributed by atoms with E-state index in [0.29, 0.717) is 17.9 Å². The third-order valence-corrected chi connectivity index (χ3v) is 3.95. The first-order chi connectivity index (χ1) is 12.4. The quantitative estimate of drug-likeness (QED) is 0.795. The highest BCUT2D eigenvalue weighted by Gasteiger charge is 2.24. The Kier molecular flexibility index (Phi) is 6.78. The number of amides is 2. The number of anilines is 1. The van der Waals surface area contributed by atoms with Crippen LogP contribution < -0.4 is 15.4 Å². The Balaban J connectivity index is 2.06. The summed E-state index contributed by atoms with van der Waals surface area (Å²) in [4.78, 5) is 25.1. The van der Waals surface area contributed by atoms with Crippen molar-refractivity contribution in [3.8, 4) is 5.75 Å². The summed E-state index contributed by atoms with van der Waals surface area (Å²) in [5.41, 5.74) is 2.26. The van der Waals surface area contributed by atoms with E-state index in [-0.39, 0.29) is 17.7 Å². The summed E-state index contributed by atoms with van der Waals surface area (Å²) in [7, 11) is 0. The lowest BCUT2D eigenvalue weighted by Gasteiger charge is -2.22. The average Bonchev–Trinajstić information content (AvgIpc) is 2.60. The van der Waals surface area contributed by atoms with E-state index in [9.17, 15) is 9.59 Å². The van der Waals surface area contributed by atoms with Gasteiger partial charge in [-0.15, -0.1) is 0 Å². The summed E-state index contributed by atoms with van der Waals surface area (Å²) in [5, 5.41) is 5.70. The highest BCUT2D eigenvalue weighted by Crippen LogP contribution is 2.14. The number of hydrogen-bond donors (Lipinski definition) is 2. The average molecular weight is 354 g/mol. The molecule has 2 aromatic carbocycles. The Labute approximate surface area is 154 Å². The first-order valence-corrected chi connectivity index (χ1v) is 8.82. The number of hydrogen-bond acceptors (Lipinski definition) is 3. The van der Waals surface area contributed by atoms with Gasteiger partial charge in [-0.1, -0.05) is 26.0 Å². The fraction of sp³-hybridized carbons (Fsp3) is 0.333.